The van der Waals surface area contributed by atoms with Crippen LogP contribution in [-0.2, 0) is 19.7 Å². The molecule has 170 valence electrons. The maximum atomic E-state index is 13.0. The first-order valence-corrected chi connectivity index (χ1v) is 10.5. The van der Waals surface area contributed by atoms with E-state index in [9.17, 15) is 14.7 Å². The normalized spacial score (nSPS) is 18.4. The van der Waals surface area contributed by atoms with Crippen LogP contribution in [0.1, 0.15) is 31.9 Å². The summed E-state index contributed by atoms with van der Waals surface area (Å²) in [5.41, 5.74) is 8.78. The van der Waals surface area contributed by atoms with E-state index in [1.54, 1.807) is 36.2 Å². The standard InChI is InChI=1S/C24H30N4O4/c1-24(2,3)16-7-11-18(12-8-16)28-13-14-32-20(23(28)31)19(29)22(30)27-17-9-5-15(6-10-17)21(25)26-4/h5-12,19-20,29H,13-14H2,1-4H3,(H2,25,26)(H,27,30)/t19-,20?/m1/s1. The zero-order valence-corrected chi connectivity index (χ0v) is 18.8. The average Bonchev–Trinajstić information content (AvgIpc) is 2.78. The van der Waals surface area contributed by atoms with Crippen molar-refractivity contribution < 1.29 is 19.4 Å². The number of hydrogen-bond donors (Lipinski definition) is 3. The van der Waals surface area contributed by atoms with Crippen LogP contribution in [-0.4, -0.2) is 55.2 Å². The SMILES string of the molecule is CN=C(N)c1ccc(NC(=O)[C@H](O)C2OCCN(c3ccc(C(C)(C)C)cc3)C2=O)cc1. The third-order valence-corrected chi connectivity index (χ3v) is 5.41. The smallest absolute Gasteiger partial charge is 0.259 e. The average molecular weight is 439 g/mol. The molecule has 0 aromatic heterocycles. The minimum absolute atomic E-state index is 0.00235. The van der Waals surface area contributed by atoms with Gasteiger partial charge in [0.15, 0.2) is 12.2 Å². The molecule has 4 N–H and O–H groups in total. The molecule has 2 aromatic carbocycles. The number of nitrogens with one attached hydrogen (secondary N) is 1. The van der Waals surface area contributed by atoms with E-state index in [4.69, 9.17) is 10.5 Å². The zero-order valence-electron chi connectivity index (χ0n) is 18.8. The van der Waals surface area contributed by atoms with Crippen molar-refractivity contribution in [3.8, 4) is 0 Å². The first-order valence-electron chi connectivity index (χ1n) is 10.5. The van der Waals surface area contributed by atoms with Crippen molar-refractivity contribution in [2.75, 3.05) is 30.4 Å². The van der Waals surface area contributed by atoms with Crippen LogP contribution in [0.25, 0.3) is 0 Å². The van der Waals surface area contributed by atoms with Gasteiger partial charge in [0.2, 0.25) is 0 Å². The Balaban J connectivity index is 1.69. The Kier molecular flexibility index (Phi) is 6.96. The molecule has 0 bridgehead atoms. The van der Waals surface area contributed by atoms with Gasteiger partial charge in [0, 0.05) is 30.5 Å². The van der Waals surface area contributed by atoms with Crippen LogP contribution in [0.5, 0.6) is 0 Å². The Morgan fingerprint density at radius 1 is 1.19 bits per heavy atom. The summed E-state index contributed by atoms with van der Waals surface area (Å²) in [6, 6.07) is 14.4. The first-order chi connectivity index (χ1) is 15.1. The number of benzene rings is 2. The number of nitrogens with zero attached hydrogens (tertiary/aromatic N) is 2. The molecule has 1 saturated heterocycles. The molecule has 1 heterocycles. The molecule has 1 aliphatic heterocycles. The third-order valence-electron chi connectivity index (χ3n) is 5.41. The largest absolute Gasteiger partial charge is 0.384 e. The molecule has 1 aliphatic rings. The number of anilines is 2. The van der Waals surface area contributed by atoms with E-state index in [0.717, 1.165) is 5.56 Å². The summed E-state index contributed by atoms with van der Waals surface area (Å²) in [5, 5.41) is 13.1. The molecule has 2 atom stereocenters. The fourth-order valence-electron chi connectivity index (χ4n) is 3.44. The van der Waals surface area contributed by atoms with Crippen molar-refractivity contribution in [1.29, 1.82) is 0 Å². The second-order valence-corrected chi connectivity index (χ2v) is 8.70. The lowest BCUT2D eigenvalue weighted by Crippen LogP contribution is -2.55. The Morgan fingerprint density at radius 2 is 1.81 bits per heavy atom. The molecule has 8 nitrogen and oxygen atoms in total. The van der Waals surface area contributed by atoms with Gasteiger partial charge in [-0.2, -0.15) is 0 Å². The van der Waals surface area contributed by atoms with Gasteiger partial charge < -0.3 is 25.8 Å². The molecule has 0 spiro atoms. The molecule has 2 amide bonds. The predicted molar refractivity (Wildman–Crippen MR) is 125 cm³/mol. The molecular weight excluding hydrogens is 408 g/mol. The van der Waals surface area contributed by atoms with Gasteiger partial charge in [0.05, 0.1) is 6.61 Å². The van der Waals surface area contributed by atoms with Crippen molar-refractivity contribution in [3.63, 3.8) is 0 Å². The summed E-state index contributed by atoms with van der Waals surface area (Å²) in [5.74, 6) is -0.803. The van der Waals surface area contributed by atoms with E-state index in [0.29, 0.717) is 29.3 Å². The number of carbonyl (C=O) groups is 2. The number of carbonyl (C=O) groups excluding carboxylic acids is 2. The number of amidine groups is 1. The summed E-state index contributed by atoms with van der Waals surface area (Å²) in [6.07, 6.45) is -2.94. The second-order valence-electron chi connectivity index (χ2n) is 8.70. The van der Waals surface area contributed by atoms with Gasteiger partial charge in [-0.3, -0.25) is 14.6 Å². The maximum absolute atomic E-state index is 13.0. The summed E-state index contributed by atoms with van der Waals surface area (Å²) in [7, 11) is 1.59. The highest BCUT2D eigenvalue weighted by atomic mass is 16.5. The highest BCUT2D eigenvalue weighted by Gasteiger charge is 2.39. The number of ether oxygens (including phenoxy) is 1. The van der Waals surface area contributed by atoms with E-state index in [2.05, 4.69) is 31.1 Å². The monoisotopic (exact) mass is 438 g/mol. The van der Waals surface area contributed by atoms with Crippen LogP contribution in [0.3, 0.4) is 0 Å². The van der Waals surface area contributed by atoms with E-state index in [1.165, 1.54) is 0 Å². The van der Waals surface area contributed by atoms with Gasteiger partial charge in [0.1, 0.15) is 5.84 Å². The zero-order chi connectivity index (χ0) is 23.5. The molecule has 1 fully saturated rings. The van der Waals surface area contributed by atoms with E-state index in [1.807, 2.05) is 24.3 Å². The van der Waals surface area contributed by atoms with Crippen LogP contribution in [0.15, 0.2) is 53.5 Å². The molecule has 0 radical (unpaired) electrons. The predicted octanol–water partition coefficient (Wildman–Crippen LogP) is 2.05. The van der Waals surface area contributed by atoms with E-state index in [-0.39, 0.29) is 12.0 Å². The fraction of sp³-hybridized carbons (Fsp3) is 0.375. The molecule has 0 saturated carbocycles. The summed E-state index contributed by atoms with van der Waals surface area (Å²) in [6.45, 7) is 6.92. The van der Waals surface area contributed by atoms with Crippen LogP contribution >= 0.6 is 0 Å². The lowest BCUT2D eigenvalue weighted by atomic mass is 9.87. The first kappa shape index (κ1) is 23.4. The van der Waals surface area contributed by atoms with Crippen molar-refractivity contribution in [3.05, 3.63) is 59.7 Å². The molecule has 0 aliphatic carbocycles. The van der Waals surface area contributed by atoms with Crippen LogP contribution < -0.4 is 16.0 Å². The highest BCUT2D eigenvalue weighted by Crippen LogP contribution is 2.26. The van der Waals surface area contributed by atoms with Gasteiger partial charge in [-0.15, -0.1) is 0 Å². The van der Waals surface area contributed by atoms with Crippen molar-refractivity contribution in [2.24, 2.45) is 10.7 Å². The van der Waals surface area contributed by atoms with E-state index < -0.39 is 24.0 Å². The van der Waals surface area contributed by atoms with Crippen LogP contribution in [0.2, 0.25) is 0 Å². The Hall–Kier alpha value is -3.23. The number of aliphatic hydroxyl groups excluding tert-OH is 1. The summed E-state index contributed by atoms with van der Waals surface area (Å²) in [4.78, 5) is 31.0. The molecule has 1 unspecified atom stereocenters. The van der Waals surface area contributed by atoms with Crippen LogP contribution in [0.4, 0.5) is 11.4 Å². The fourth-order valence-corrected chi connectivity index (χ4v) is 3.44. The lowest BCUT2D eigenvalue weighted by molar-refractivity contribution is -0.150. The number of morpholine rings is 1. The van der Waals surface area contributed by atoms with Gasteiger partial charge in [-0.05, 0) is 47.4 Å². The van der Waals surface area contributed by atoms with Crippen molar-refractivity contribution >= 4 is 29.0 Å². The van der Waals surface area contributed by atoms with Gasteiger partial charge in [-0.25, -0.2) is 0 Å². The number of aliphatic imine (C=N–C) groups is 1. The minimum Gasteiger partial charge on any atom is -0.384 e. The molecule has 2 aromatic rings. The number of hydrogen-bond acceptors (Lipinski definition) is 5. The van der Waals surface area contributed by atoms with Crippen LogP contribution in [0, 0.1) is 0 Å². The molecular formula is C24H30N4O4. The molecule has 32 heavy (non-hydrogen) atoms. The van der Waals surface area contributed by atoms with E-state index >= 15 is 0 Å². The van der Waals surface area contributed by atoms with Gasteiger partial charge in [0.25, 0.3) is 11.8 Å². The third kappa shape index (κ3) is 5.15. The minimum atomic E-state index is -1.65. The van der Waals surface area contributed by atoms with Crippen molar-refractivity contribution in [1.82, 2.24) is 0 Å². The van der Waals surface area contributed by atoms with Gasteiger partial charge in [-0.1, -0.05) is 32.9 Å². The van der Waals surface area contributed by atoms with Crippen molar-refractivity contribution in [2.45, 2.75) is 38.4 Å². The maximum Gasteiger partial charge on any atom is 0.259 e. The topological polar surface area (TPSA) is 117 Å². The molecule has 3 rings (SSSR count). The Morgan fingerprint density at radius 3 is 2.38 bits per heavy atom. The lowest BCUT2D eigenvalue weighted by Gasteiger charge is -2.34. The number of nitrogens with two attached hydrogens (primary N) is 1. The number of amides is 2. The second kappa shape index (κ2) is 9.50. The summed E-state index contributed by atoms with van der Waals surface area (Å²) >= 11 is 0. The Bertz CT molecular complexity index is 994. The molecule has 8 heteroatoms. The quantitative estimate of drug-likeness (QED) is 0.488. The Labute approximate surface area is 188 Å². The number of aliphatic hydroxyl groups is 1. The highest BCUT2D eigenvalue weighted by molar-refractivity contribution is 6.04. The number of rotatable bonds is 5. The van der Waals surface area contributed by atoms with Gasteiger partial charge >= 0.3 is 0 Å². The summed E-state index contributed by atoms with van der Waals surface area (Å²) < 4.78 is 5.47.